The fraction of sp³-hybridized carbons (Fsp3) is 0.600. The molecule has 1 aliphatic heterocycles. The molecule has 146 valence electrons. The van der Waals surface area contributed by atoms with Crippen molar-refractivity contribution in [3.05, 3.63) is 35.4 Å². The van der Waals surface area contributed by atoms with E-state index >= 15 is 0 Å². The van der Waals surface area contributed by atoms with E-state index < -0.39 is 11.8 Å². The Labute approximate surface area is 156 Å². The van der Waals surface area contributed by atoms with Crippen molar-refractivity contribution >= 4 is 11.7 Å². The number of nitrogens with zero attached hydrogens (tertiary/aromatic N) is 2. The summed E-state index contributed by atoms with van der Waals surface area (Å²) in [6, 6.07) is 6.98. The van der Waals surface area contributed by atoms with Crippen molar-refractivity contribution < 1.29 is 14.0 Å². The molecule has 2 rings (SSSR count). The minimum atomic E-state index is -1.61. The summed E-state index contributed by atoms with van der Waals surface area (Å²) in [4.78, 5) is 22.7. The Kier molecular flexibility index (Phi) is 8.88. The van der Waals surface area contributed by atoms with Gasteiger partial charge in [-0.05, 0) is 52.4 Å². The van der Waals surface area contributed by atoms with Gasteiger partial charge in [0.2, 0.25) is 5.90 Å². The molecular formula is C20H32FN3O2. The average Bonchev–Trinajstić information content (AvgIpc) is 3.11. The number of carbonyl (C=O) groups excluding carboxylic acids is 1. The highest BCUT2D eigenvalue weighted by Gasteiger charge is 2.33. The Balaban J connectivity index is 0.000000359. The number of carbonyl (C=O) groups is 1. The van der Waals surface area contributed by atoms with E-state index in [9.17, 15) is 9.18 Å². The third-order valence-corrected chi connectivity index (χ3v) is 4.09. The number of Topliss-reactive ketones (excluding diaryl/α,β-unsaturated/α-hetero) is 1. The maximum Gasteiger partial charge on any atom is 0.248 e. The van der Waals surface area contributed by atoms with Crippen LogP contribution in [0.3, 0.4) is 0 Å². The van der Waals surface area contributed by atoms with Gasteiger partial charge in [0.25, 0.3) is 0 Å². The van der Waals surface area contributed by atoms with Gasteiger partial charge in [-0.25, -0.2) is 9.38 Å². The van der Waals surface area contributed by atoms with Crippen LogP contribution in [0.15, 0.2) is 29.3 Å². The molecule has 6 heteroatoms. The first-order valence-electron chi connectivity index (χ1n) is 9.25. The lowest BCUT2D eigenvalue weighted by molar-refractivity contribution is 0.101. The molecule has 0 aliphatic carbocycles. The van der Waals surface area contributed by atoms with E-state index in [-0.39, 0.29) is 11.7 Å². The minimum absolute atomic E-state index is 0.00580. The lowest BCUT2D eigenvalue weighted by Gasteiger charge is -2.15. The van der Waals surface area contributed by atoms with Crippen molar-refractivity contribution in [2.24, 2.45) is 4.99 Å². The number of benzene rings is 1. The summed E-state index contributed by atoms with van der Waals surface area (Å²) >= 11 is 0. The van der Waals surface area contributed by atoms with E-state index in [1.54, 1.807) is 24.3 Å². The highest BCUT2D eigenvalue weighted by atomic mass is 19.1. The Morgan fingerprint density at radius 2 is 1.81 bits per heavy atom. The van der Waals surface area contributed by atoms with Crippen LogP contribution in [0.5, 0.6) is 0 Å². The molecule has 1 aromatic rings. The van der Waals surface area contributed by atoms with Crippen LogP contribution in [0.1, 0.15) is 70.1 Å². The summed E-state index contributed by atoms with van der Waals surface area (Å²) in [5.41, 5.74) is 2.49. The molecular weight excluding hydrogens is 333 g/mol. The van der Waals surface area contributed by atoms with Gasteiger partial charge in [0.1, 0.15) is 0 Å². The molecule has 5 nitrogen and oxygen atoms in total. The zero-order chi connectivity index (χ0) is 19.7. The first kappa shape index (κ1) is 22.3. The number of hydroxylamine groups is 1. The van der Waals surface area contributed by atoms with Crippen LogP contribution in [0.4, 0.5) is 4.39 Å². The summed E-state index contributed by atoms with van der Waals surface area (Å²) in [6.45, 7) is 14.6. The summed E-state index contributed by atoms with van der Waals surface area (Å²) in [7, 11) is 0. The maximum absolute atomic E-state index is 13.6. The van der Waals surface area contributed by atoms with Gasteiger partial charge in [0.15, 0.2) is 17.6 Å². The largest absolute Gasteiger partial charge is 0.387 e. The summed E-state index contributed by atoms with van der Waals surface area (Å²) in [5, 5.41) is 0. The van der Waals surface area contributed by atoms with Crippen molar-refractivity contribution in [2.45, 2.75) is 59.8 Å². The first-order valence-corrected chi connectivity index (χ1v) is 9.25. The Hall–Kier alpha value is -1.79. The molecule has 0 aromatic heterocycles. The smallest absolute Gasteiger partial charge is 0.248 e. The Morgan fingerprint density at radius 1 is 1.23 bits per heavy atom. The summed E-state index contributed by atoms with van der Waals surface area (Å²) in [5.74, 6) is 0.0365. The van der Waals surface area contributed by atoms with Gasteiger partial charge in [-0.1, -0.05) is 45.0 Å². The van der Waals surface area contributed by atoms with Crippen LogP contribution in [-0.2, 0) is 4.84 Å². The van der Waals surface area contributed by atoms with Crippen molar-refractivity contribution in [1.82, 2.24) is 10.4 Å². The number of nitrogens with one attached hydrogen (secondary N) is 1. The molecule has 0 fully saturated rings. The fourth-order valence-electron chi connectivity index (χ4n) is 2.46. The number of halogens is 1. The number of rotatable bonds is 7. The molecule has 0 amide bonds. The average molecular weight is 365 g/mol. The summed E-state index contributed by atoms with van der Waals surface area (Å²) in [6.07, 6.45) is 0.845. The zero-order valence-electron chi connectivity index (χ0n) is 16.8. The van der Waals surface area contributed by atoms with Gasteiger partial charge in [0, 0.05) is 5.56 Å². The topological polar surface area (TPSA) is 53.9 Å². The van der Waals surface area contributed by atoms with Gasteiger partial charge in [0.05, 0.1) is 0 Å². The predicted molar refractivity (Wildman–Crippen MR) is 104 cm³/mol. The lowest BCUT2D eigenvalue weighted by atomic mass is 10.1. The minimum Gasteiger partial charge on any atom is -0.387 e. The Bertz CT molecular complexity index is 590. The maximum atomic E-state index is 13.6. The molecule has 1 aromatic carbocycles. The van der Waals surface area contributed by atoms with Crippen LogP contribution in [0, 0.1) is 0 Å². The zero-order valence-corrected chi connectivity index (χ0v) is 16.8. The van der Waals surface area contributed by atoms with E-state index in [1.807, 2.05) is 0 Å². The lowest BCUT2D eigenvalue weighted by Crippen LogP contribution is -2.28. The highest BCUT2D eigenvalue weighted by molar-refractivity contribution is 5.94. The molecule has 0 radical (unpaired) electrons. The number of aliphatic imine (C=N–C) groups is 1. The van der Waals surface area contributed by atoms with E-state index in [2.05, 4.69) is 36.1 Å². The Morgan fingerprint density at radius 3 is 2.15 bits per heavy atom. The van der Waals surface area contributed by atoms with Gasteiger partial charge in [-0.3, -0.25) is 4.79 Å². The molecule has 1 unspecified atom stereocenters. The normalized spacial score (nSPS) is 16.6. The molecule has 1 aliphatic rings. The molecule has 0 saturated heterocycles. The first-order chi connectivity index (χ1) is 12.2. The number of ketones is 1. The molecule has 1 heterocycles. The summed E-state index contributed by atoms with van der Waals surface area (Å²) < 4.78 is 13.6. The van der Waals surface area contributed by atoms with Gasteiger partial charge in [-0.2, -0.15) is 0 Å². The van der Waals surface area contributed by atoms with E-state index in [4.69, 9.17) is 4.84 Å². The number of hydrogen-bond donors (Lipinski definition) is 1. The molecule has 26 heavy (non-hydrogen) atoms. The molecule has 1 atom stereocenters. The van der Waals surface area contributed by atoms with Crippen molar-refractivity contribution in [3.63, 3.8) is 0 Å². The van der Waals surface area contributed by atoms with Gasteiger partial charge < -0.3 is 9.74 Å². The fourth-order valence-corrected chi connectivity index (χ4v) is 2.46. The second-order valence-corrected chi connectivity index (χ2v) is 6.73. The second-order valence-electron chi connectivity index (χ2n) is 6.73. The van der Waals surface area contributed by atoms with Crippen LogP contribution < -0.4 is 5.48 Å². The van der Waals surface area contributed by atoms with E-state index in [0.717, 1.165) is 5.56 Å². The van der Waals surface area contributed by atoms with Crippen LogP contribution in [-0.4, -0.2) is 41.9 Å². The van der Waals surface area contributed by atoms with Crippen LogP contribution in [0.2, 0.25) is 0 Å². The molecule has 0 spiro atoms. The van der Waals surface area contributed by atoms with Gasteiger partial charge >= 0.3 is 0 Å². The van der Waals surface area contributed by atoms with E-state index in [1.165, 1.54) is 46.8 Å². The highest BCUT2D eigenvalue weighted by Crippen LogP contribution is 2.24. The van der Waals surface area contributed by atoms with Crippen LogP contribution in [0.25, 0.3) is 0 Å². The van der Waals surface area contributed by atoms with Crippen LogP contribution >= 0.6 is 0 Å². The second kappa shape index (κ2) is 10.4. The SMILES string of the molecule is CC(=O)c1ccc(C2N=C(C(C)(C)F)ON2)cc1.CCCN(CC)CC. The number of alkyl halides is 1. The molecule has 1 N–H and O–H groups in total. The van der Waals surface area contributed by atoms with Crippen molar-refractivity contribution in [2.75, 3.05) is 19.6 Å². The van der Waals surface area contributed by atoms with Crippen molar-refractivity contribution in [3.8, 4) is 0 Å². The predicted octanol–water partition coefficient (Wildman–Crippen LogP) is 4.31. The monoisotopic (exact) mass is 365 g/mol. The standard InChI is InChI=1S/C13H15FN2O2.C7H17N/c1-8(17)9-4-6-10(7-5-9)11-15-12(18-16-11)13(2,3)14;1-4-7-8(5-2)6-3/h4-7,11,16H,1-3H3;4-7H2,1-3H3. The molecule has 0 bridgehead atoms. The number of hydrogen-bond acceptors (Lipinski definition) is 5. The van der Waals surface area contributed by atoms with Gasteiger partial charge in [-0.15, -0.1) is 5.48 Å². The quantitative estimate of drug-likeness (QED) is 0.732. The van der Waals surface area contributed by atoms with Crippen molar-refractivity contribution in [1.29, 1.82) is 0 Å². The third kappa shape index (κ3) is 6.84. The molecule has 0 saturated carbocycles. The third-order valence-electron chi connectivity index (χ3n) is 4.09. The van der Waals surface area contributed by atoms with E-state index in [0.29, 0.717) is 5.56 Å².